The standard InChI is InChI=1S/C32H35FN2O5/c1-18-13-21(40-17-32(38)9-11-39-12-10-32)14-19(2)29(18)22-4-6-26(33)30-23(22)5-8-28(30)35-20-3-7-27(34-16-20)24-15-25(24)31(36)37/h3-4,6-7,13-14,16,24-25,28,35,38H,5,8-12,15,17H2,1-2H3,(H,36,37)/t24-,25-,28+/m0/s1. The Hall–Kier alpha value is -3.49. The highest BCUT2D eigenvalue weighted by Gasteiger charge is 2.45. The van der Waals surface area contributed by atoms with E-state index in [0.717, 1.165) is 52.0 Å². The monoisotopic (exact) mass is 546 g/mol. The number of carboxylic acid groups (broad SMARTS) is 1. The van der Waals surface area contributed by atoms with Crippen molar-refractivity contribution in [3.8, 4) is 16.9 Å². The molecule has 6 rings (SSSR count). The molecule has 3 atom stereocenters. The number of carboxylic acids is 1. The molecule has 1 aliphatic heterocycles. The second-order valence-corrected chi connectivity index (χ2v) is 11.5. The van der Waals surface area contributed by atoms with Crippen molar-refractivity contribution in [2.24, 2.45) is 5.92 Å². The number of ether oxygens (including phenoxy) is 2. The third-order valence-electron chi connectivity index (χ3n) is 8.66. The van der Waals surface area contributed by atoms with Crippen LogP contribution in [0.1, 0.15) is 65.6 Å². The number of hydrogen-bond acceptors (Lipinski definition) is 6. The lowest BCUT2D eigenvalue weighted by Gasteiger charge is -2.31. The zero-order chi connectivity index (χ0) is 28.0. The zero-order valence-corrected chi connectivity index (χ0v) is 22.9. The molecular formula is C32H35FN2O5. The van der Waals surface area contributed by atoms with Crippen LogP contribution in [0.15, 0.2) is 42.6 Å². The van der Waals surface area contributed by atoms with Crippen molar-refractivity contribution in [2.45, 2.75) is 63.5 Å². The molecule has 2 aromatic carbocycles. The number of anilines is 1. The van der Waals surface area contributed by atoms with Crippen molar-refractivity contribution in [1.29, 1.82) is 0 Å². The van der Waals surface area contributed by atoms with Gasteiger partial charge in [0.2, 0.25) is 0 Å². The van der Waals surface area contributed by atoms with Gasteiger partial charge in [-0.15, -0.1) is 0 Å². The largest absolute Gasteiger partial charge is 0.491 e. The molecule has 1 saturated heterocycles. The molecule has 7 nitrogen and oxygen atoms in total. The topological polar surface area (TPSA) is 101 Å². The average molecular weight is 547 g/mol. The number of aliphatic carboxylic acids is 1. The summed E-state index contributed by atoms with van der Waals surface area (Å²) in [4.78, 5) is 15.7. The number of aromatic nitrogens is 1. The number of nitrogens with one attached hydrogen (secondary N) is 1. The quantitative estimate of drug-likeness (QED) is 0.333. The maximum atomic E-state index is 15.3. The average Bonchev–Trinajstić information content (AvgIpc) is 3.63. The molecule has 2 heterocycles. The normalized spacial score (nSPS) is 22.9. The van der Waals surface area contributed by atoms with E-state index >= 15 is 4.39 Å². The van der Waals surface area contributed by atoms with E-state index in [1.54, 1.807) is 12.3 Å². The molecule has 1 aromatic heterocycles. The lowest BCUT2D eigenvalue weighted by molar-refractivity contribution is -0.138. The van der Waals surface area contributed by atoms with E-state index < -0.39 is 11.6 Å². The van der Waals surface area contributed by atoms with Gasteiger partial charge in [0.15, 0.2) is 0 Å². The molecule has 0 amide bonds. The van der Waals surface area contributed by atoms with Crippen LogP contribution in [-0.4, -0.2) is 46.6 Å². The highest BCUT2D eigenvalue weighted by atomic mass is 19.1. The predicted octanol–water partition coefficient (Wildman–Crippen LogP) is 5.71. The number of halogens is 1. The summed E-state index contributed by atoms with van der Waals surface area (Å²) in [7, 11) is 0. The molecule has 0 radical (unpaired) electrons. The molecule has 0 bridgehead atoms. The molecule has 2 aliphatic carbocycles. The van der Waals surface area contributed by atoms with E-state index in [9.17, 15) is 15.0 Å². The first-order chi connectivity index (χ1) is 19.2. The highest BCUT2D eigenvalue weighted by molar-refractivity contribution is 5.77. The van der Waals surface area contributed by atoms with Crippen molar-refractivity contribution in [3.05, 3.63) is 76.4 Å². The molecule has 40 heavy (non-hydrogen) atoms. The minimum atomic E-state index is -0.868. The lowest BCUT2D eigenvalue weighted by Crippen LogP contribution is -2.41. The van der Waals surface area contributed by atoms with Crippen LogP contribution in [0.3, 0.4) is 0 Å². The van der Waals surface area contributed by atoms with Crippen molar-refractivity contribution in [2.75, 3.05) is 25.1 Å². The summed E-state index contributed by atoms with van der Waals surface area (Å²) in [5, 5.41) is 23.4. The summed E-state index contributed by atoms with van der Waals surface area (Å²) in [5.41, 5.74) is 6.61. The Kier molecular flexibility index (Phi) is 7.00. The molecule has 1 saturated carbocycles. The third kappa shape index (κ3) is 5.18. The number of aliphatic hydroxyl groups is 1. The molecule has 3 N–H and O–H groups in total. The van der Waals surface area contributed by atoms with Gasteiger partial charge in [-0.25, -0.2) is 4.39 Å². The van der Waals surface area contributed by atoms with Gasteiger partial charge < -0.3 is 25.0 Å². The Bertz CT molecular complexity index is 1410. The Labute approximate surface area is 233 Å². The lowest BCUT2D eigenvalue weighted by atomic mass is 9.90. The van der Waals surface area contributed by atoms with Crippen LogP contribution in [0.25, 0.3) is 11.1 Å². The van der Waals surface area contributed by atoms with Crippen LogP contribution in [0.4, 0.5) is 10.1 Å². The number of carbonyl (C=O) groups is 1. The first kappa shape index (κ1) is 26.7. The summed E-state index contributed by atoms with van der Waals surface area (Å²) >= 11 is 0. The van der Waals surface area contributed by atoms with Gasteiger partial charge in [-0.3, -0.25) is 9.78 Å². The van der Waals surface area contributed by atoms with Crippen molar-refractivity contribution >= 4 is 11.7 Å². The van der Waals surface area contributed by atoms with Crippen molar-refractivity contribution in [1.82, 2.24) is 4.98 Å². The van der Waals surface area contributed by atoms with Gasteiger partial charge >= 0.3 is 5.97 Å². The number of pyridine rings is 1. The predicted molar refractivity (Wildman–Crippen MR) is 149 cm³/mol. The van der Waals surface area contributed by atoms with Gasteiger partial charge in [-0.05, 0) is 91.3 Å². The zero-order valence-electron chi connectivity index (χ0n) is 22.9. The van der Waals surface area contributed by atoms with Crippen molar-refractivity contribution < 1.29 is 28.9 Å². The van der Waals surface area contributed by atoms with Crippen LogP contribution < -0.4 is 10.1 Å². The van der Waals surface area contributed by atoms with E-state index in [-0.39, 0.29) is 30.3 Å². The number of nitrogens with zero attached hydrogens (tertiary/aromatic N) is 1. The van der Waals surface area contributed by atoms with Crippen LogP contribution in [0.2, 0.25) is 0 Å². The maximum absolute atomic E-state index is 15.3. The number of rotatable bonds is 8. The minimum Gasteiger partial charge on any atom is -0.491 e. The first-order valence-corrected chi connectivity index (χ1v) is 14.0. The van der Waals surface area contributed by atoms with Gasteiger partial charge in [-0.1, -0.05) is 6.07 Å². The van der Waals surface area contributed by atoms with Gasteiger partial charge in [-0.2, -0.15) is 0 Å². The number of aryl methyl sites for hydroxylation is 2. The fourth-order valence-corrected chi connectivity index (χ4v) is 6.35. The summed E-state index contributed by atoms with van der Waals surface area (Å²) < 4.78 is 26.6. The molecule has 210 valence electrons. The molecule has 2 fully saturated rings. The van der Waals surface area contributed by atoms with Crippen LogP contribution in [0.5, 0.6) is 5.75 Å². The summed E-state index contributed by atoms with van der Waals surface area (Å²) in [6, 6.07) is 11.0. The summed E-state index contributed by atoms with van der Waals surface area (Å²) in [6.45, 7) is 5.39. The molecule has 8 heteroatoms. The number of fused-ring (bicyclic) bond motifs is 1. The second-order valence-electron chi connectivity index (χ2n) is 11.5. The minimum absolute atomic E-state index is 0.0198. The summed E-state index contributed by atoms with van der Waals surface area (Å²) in [6.07, 6.45) is 4.98. The molecule has 3 aromatic rings. The fraction of sp³-hybridized carbons (Fsp3) is 0.438. The smallest absolute Gasteiger partial charge is 0.307 e. The third-order valence-corrected chi connectivity index (χ3v) is 8.66. The Morgan fingerprint density at radius 2 is 1.93 bits per heavy atom. The molecule has 0 unspecified atom stereocenters. The van der Waals surface area contributed by atoms with Gasteiger partial charge in [0.1, 0.15) is 23.8 Å². The van der Waals surface area contributed by atoms with E-state index in [2.05, 4.69) is 10.3 Å². The fourth-order valence-electron chi connectivity index (χ4n) is 6.35. The number of hydrogen-bond donors (Lipinski definition) is 3. The van der Waals surface area contributed by atoms with E-state index in [1.807, 2.05) is 44.2 Å². The highest BCUT2D eigenvalue weighted by Crippen LogP contribution is 2.47. The van der Waals surface area contributed by atoms with Crippen LogP contribution >= 0.6 is 0 Å². The van der Waals surface area contributed by atoms with Gasteiger partial charge in [0, 0.05) is 43.2 Å². The van der Waals surface area contributed by atoms with Crippen molar-refractivity contribution in [3.63, 3.8) is 0 Å². The van der Waals surface area contributed by atoms with Gasteiger partial charge in [0.05, 0.1) is 23.8 Å². The Balaban J connectivity index is 1.21. The van der Waals surface area contributed by atoms with Crippen LogP contribution in [0, 0.1) is 25.6 Å². The first-order valence-electron chi connectivity index (χ1n) is 14.0. The Morgan fingerprint density at radius 1 is 1.18 bits per heavy atom. The van der Waals surface area contributed by atoms with Gasteiger partial charge in [0.25, 0.3) is 0 Å². The van der Waals surface area contributed by atoms with E-state index in [0.29, 0.717) is 43.8 Å². The molecule has 0 spiro atoms. The van der Waals surface area contributed by atoms with Crippen LogP contribution in [-0.2, 0) is 16.0 Å². The van der Waals surface area contributed by atoms with E-state index in [1.165, 1.54) is 0 Å². The maximum Gasteiger partial charge on any atom is 0.307 e. The SMILES string of the molecule is Cc1cc(OCC2(O)CCOCC2)cc(C)c1-c1ccc(F)c2c1CC[C@H]2Nc1ccc([C@H]2C[C@@H]2C(=O)O)nc1. The molecular weight excluding hydrogens is 511 g/mol. The Morgan fingerprint density at radius 3 is 2.58 bits per heavy atom. The summed E-state index contributed by atoms with van der Waals surface area (Å²) in [5.74, 6) is -0.640. The molecule has 3 aliphatic rings. The van der Waals surface area contributed by atoms with E-state index in [4.69, 9.17) is 9.47 Å². The second kappa shape index (κ2) is 10.5. The number of benzene rings is 2.